The van der Waals surface area contributed by atoms with Crippen molar-refractivity contribution in [3.05, 3.63) is 54.0 Å². The number of aromatic amines is 1. The van der Waals surface area contributed by atoms with Gasteiger partial charge in [-0.3, -0.25) is 0 Å². The standard InChI is InChI=1S/C23H25N5O2/c1-23(2,3)30-22(29)28-12-11-18(14-28)27-21-19-13-17(26-20(19)24-15-25-21)10-9-16-7-5-4-6-8-16/h4-8,13,15,18H,11-12,14H2,1-3H3,(H2,24,25,26,27). The zero-order valence-electron chi connectivity index (χ0n) is 17.4. The lowest BCUT2D eigenvalue weighted by Gasteiger charge is -2.24. The van der Waals surface area contributed by atoms with Crippen molar-refractivity contribution in [2.24, 2.45) is 0 Å². The minimum absolute atomic E-state index is 0.101. The van der Waals surface area contributed by atoms with E-state index < -0.39 is 5.60 Å². The van der Waals surface area contributed by atoms with Gasteiger partial charge in [0.1, 0.15) is 23.4 Å². The Morgan fingerprint density at radius 2 is 2.03 bits per heavy atom. The number of ether oxygens (including phenoxy) is 1. The molecule has 1 aliphatic rings. The monoisotopic (exact) mass is 403 g/mol. The number of anilines is 1. The van der Waals surface area contributed by atoms with Crippen molar-refractivity contribution in [1.82, 2.24) is 19.9 Å². The van der Waals surface area contributed by atoms with E-state index >= 15 is 0 Å². The van der Waals surface area contributed by atoms with E-state index in [1.807, 2.05) is 57.2 Å². The minimum Gasteiger partial charge on any atom is -0.444 e. The normalized spacial score (nSPS) is 16.2. The van der Waals surface area contributed by atoms with Crippen LogP contribution in [-0.2, 0) is 4.74 Å². The van der Waals surface area contributed by atoms with Crippen molar-refractivity contribution in [2.45, 2.75) is 38.8 Å². The fourth-order valence-electron chi connectivity index (χ4n) is 3.35. The molecule has 1 aromatic carbocycles. The molecule has 0 spiro atoms. The number of fused-ring (bicyclic) bond motifs is 1. The van der Waals surface area contributed by atoms with Crippen LogP contribution in [0.2, 0.25) is 0 Å². The largest absolute Gasteiger partial charge is 0.444 e. The first kappa shape index (κ1) is 19.8. The zero-order chi connectivity index (χ0) is 21.1. The number of rotatable bonds is 2. The van der Waals surface area contributed by atoms with Gasteiger partial charge in [-0.05, 0) is 51.3 Å². The van der Waals surface area contributed by atoms with Gasteiger partial charge < -0.3 is 19.9 Å². The van der Waals surface area contributed by atoms with Crippen LogP contribution in [0, 0.1) is 11.8 Å². The quantitative estimate of drug-likeness (QED) is 0.637. The van der Waals surface area contributed by atoms with E-state index in [1.165, 1.54) is 6.33 Å². The summed E-state index contributed by atoms with van der Waals surface area (Å²) in [7, 11) is 0. The fourth-order valence-corrected chi connectivity index (χ4v) is 3.35. The number of aromatic nitrogens is 3. The smallest absolute Gasteiger partial charge is 0.410 e. The molecule has 2 N–H and O–H groups in total. The summed E-state index contributed by atoms with van der Waals surface area (Å²) in [6.07, 6.45) is 2.08. The second-order valence-corrected chi connectivity index (χ2v) is 8.34. The van der Waals surface area contributed by atoms with Crippen LogP contribution in [0.25, 0.3) is 11.0 Å². The topological polar surface area (TPSA) is 83.1 Å². The third-order valence-electron chi connectivity index (χ3n) is 4.72. The predicted molar refractivity (Wildman–Crippen MR) is 116 cm³/mol. The fraction of sp³-hybridized carbons (Fsp3) is 0.348. The molecule has 1 saturated heterocycles. The highest BCUT2D eigenvalue weighted by molar-refractivity contribution is 5.88. The van der Waals surface area contributed by atoms with Gasteiger partial charge in [-0.2, -0.15) is 0 Å². The van der Waals surface area contributed by atoms with E-state index in [1.54, 1.807) is 4.90 Å². The molecule has 1 unspecified atom stereocenters. The van der Waals surface area contributed by atoms with Crippen LogP contribution in [0.5, 0.6) is 0 Å². The number of hydrogen-bond donors (Lipinski definition) is 2. The van der Waals surface area contributed by atoms with Gasteiger partial charge >= 0.3 is 6.09 Å². The number of carbonyl (C=O) groups is 1. The van der Waals surface area contributed by atoms with Gasteiger partial charge in [0.05, 0.1) is 11.1 Å². The van der Waals surface area contributed by atoms with Crippen LogP contribution >= 0.6 is 0 Å². The molecule has 3 aromatic rings. The number of benzene rings is 1. The van der Waals surface area contributed by atoms with Crippen LogP contribution in [0.1, 0.15) is 38.4 Å². The Kier molecular flexibility index (Phi) is 5.32. The molecule has 1 aliphatic heterocycles. The molecule has 1 amide bonds. The molecule has 4 rings (SSSR count). The highest BCUT2D eigenvalue weighted by Gasteiger charge is 2.30. The van der Waals surface area contributed by atoms with Gasteiger partial charge in [0.25, 0.3) is 0 Å². The molecule has 0 bridgehead atoms. The summed E-state index contributed by atoms with van der Waals surface area (Å²) >= 11 is 0. The molecule has 0 radical (unpaired) electrons. The van der Waals surface area contributed by atoms with Crippen LogP contribution in [0.3, 0.4) is 0 Å². The molecular formula is C23H25N5O2. The Hall–Kier alpha value is -3.53. The maximum atomic E-state index is 12.3. The number of likely N-dealkylation sites (tertiary alicyclic amines) is 1. The summed E-state index contributed by atoms with van der Waals surface area (Å²) in [6, 6.07) is 11.9. The highest BCUT2D eigenvalue weighted by atomic mass is 16.6. The molecule has 7 nitrogen and oxygen atoms in total. The molecular weight excluding hydrogens is 378 g/mol. The third kappa shape index (κ3) is 4.71. The number of carbonyl (C=O) groups excluding carboxylic acids is 1. The van der Waals surface area contributed by atoms with Crippen LogP contribution in [-0.4, -0.2) is 50.7 Å². The van der Waals surface area contributed by atoms with E-state index in [2.05, 4.69) is 32.1 Å². The average Bonchev–Trinajstić information content (AvgIpc) is 3.33. The SMILES string of the molecule is CC(C)(C)OC(=O)N1CCC(Nc2ncnc3[nH]c(C#Cc4ccccc4)cc23)C1. The van der Waals surface area contributed by atoms with Crippen molar-refractivity contribution < 1.29 is 9.53 Å². The Labute approximate surface area is 175 Å². The van der Waals surface area contributed by atoms with Gasteiger partial charge in [0, 0.05) is 24.7 Å². The number of H-pyrrole nitrogens is 1. The highest BCUT2D eigenvalue weighted by Crippen LogP contribution is 2.23. The zero-order valence-corrected chi connectivity index (χ0v) is 17.4. The van der Waals surface area contributed by atoms with Gasteiger partial charge in [0.15, 0.2) is 0 Å². The van der Waals surface area contributed by atoms with E-state index in [9.17, 15) is 4.79 Å². The number of amides is 1. The lowest BCUT2D eigenvalue weighted by atomic mass is 10.2. The number of nitrogens with one attached hydrogen (secondary N) is 2. The summed E-state index contributed by atoms with van der Waals surface area (Å²) in [5, 5.41) is 4.33. The van der Waals surface area contributed by atoms with E-state index in [4.69, 9.17) is 4.74 Å². The Morgan fingerprint density at radius 1 is 1.23 bits per heavy atom. The van der Waals surface area contributed by atoms with Crippen molar-refractivity contribution in [1.29, 1.82) is 0 Å². The van der Waals surface area contributed by atoms with Gasteiger partial charge in [-0.1, -0.05) is 24.1 Å². The molecule has 7 heteroatoms. The first-order valence-corrected chi connectivity index (χ1v) is 10.0. The average molecular weight is 403 g/mol. The van der Waals surface area contributed by atoms with Gasteiger partial charge in [-0.25, -0.2) is 14.8 Å². The maximum absolute atomic E-state index is 12.3. The van der Waals surface area contributed by atoms with Gasteiger partial charge in [-0.15, -0.1) is 0 Å². The predicted octanol–water partition coefficient (Wildman–Crippen LogP) is 3.78. The Bertz CT molecular complexity index is 1110. The summed E-state index contributed by atoms with van der Waals surface area (Å²) in [5.74, 6) is 7.02. The van der Waals surface area contributed by atoms with Crippen molar-refractivity contribution >= 4 is 22.9 Å². The first-order chi connectivity index (χ1) is 14.4. The van der Waals surface area contributed by atoms with Crippen molar-refractivity contribution in [3.63, 3.8) is 0 Å². The molecule has 1 fully saturated rings. The summed E-state index contributed by atoms with van der Waals surface area (Å²) in [5.41, 5.74) is 1.96. The maximum Gasteiger partial charge on any atom is 0.410 e. The summed E-state index contributed by atoms with van der Waals surface area (Å²) in [4.78, 5) is 26.0. The van der Waals surface area contributed by atoms with Crippen molar-refractivity contribution in [2.75, 3.05) is 18.4 Å². The number of nitrogens with zero attached hydrogens (tertiary/aromatic N) is 3. The lowest BCUT2D eigenvalue weighted by molar-refractivity contribution is 0.0293. The molecule has 1 atom stereocenters. The molecule has 30 heavy (non-hydrogen) atoms. The van der Waals surface area contributed by atoms with Crippen LogP contribution < -0.4 is 5.32 Å². The van der Waals surface area contributed by atoms with Crippen LogP contribution in [0.4, 0.5) is 10.6 Å². The summed E-state index contributed by atoms with van der Waals surface area (Å²) in [6.45, 7) is 6.85. The lowest BCUT2D eigenvalue weighted by Crippen LogP contribution is -2.36. The Morgan fingerprint density at radius 3 is 2.80 bits per heavy atom. The first-order valence-electron chi connectivity index (χ1n) is 10.0. The number of hydrogen-bond acceptors (Lipinski definition) is 5. The Balaban J connectivity index is 1.47. The molecule has 3 heterocycles. The molecule has 0 aliphatic carbocycles. The summed E-state index contributed by atoms with van der Waals surface area (Å²) < 4.78 is 5.47. The van der Waals surface area contributed by atoms with Crippen LogP contribution in [0.15, 0.2) is 42.7 Å². The van der Waals surface area contributed by atoms with Gasteiger partial charge in [0.2, 0.25) is 0 Å². The molecule has 2 aromatic heterocycles. The van der Waals surface area contributed by atoms with Crippen molar-refractivity contribution in [3.8, 4) is 11.8 Å². The second-order valence-electron chi connectivity index (χ2n) is 8.34. The van der Waals surface area contributed by atoms with E-state index in [0.29, 0.717) is 13.1 Å². The molecule has 154 valence electrons. The third-order valence-corrected chi connectivity index (χ3v) is 4.72. The molecule has 0 saturated carbocycles. The minimum atomic E-state index is -0.496. The van der Waals surface area contributed by atoms with E-state index in [0.717, 1.165) is 34.5 Å². The second kappa shape index (κ2) is 8.07. The van der Waals surface area contributed by atoms with E-state index in [-0.39, 0.29) is 12.1 Å².